The van der Waals surface area contributed by atoms with E-state index in [9.17, 15) is 4.79 Å². The highest BCUT2D eigenvalue weighted by Gasteiger charge is 2.21. The maximum atomic E-state index is 12.3. The number of aromatic nitrogens is 4. The van der Waals surface area contributed by atoms with E-state index in [0.717, 1.165) is 49.3 Å². The topological polar surface area (TPSA) is 85.2 Å². The quantitative estimate of drug-likeness (QED) is 0.623. The molecule has 3 heterocycles. The Morgan fingerprint density at radius 2 is 2.14 bits per heavy atom. The van der Waals surface area contributed by atoms with Gasteiger partial charge in [-0.05, 0) is 25.0 Å². The van der Waals surface area contributed by atoms with Crippen LogP contribution in [0.25, 0.3) is 11.4 Å². The molecule has 0 spiro atoms. The molecule has 2 aromatic rings. The summed E-state index contributed by atoms with van der Waals surface area (Å²) in [4.78, 5) is 18.8. The maximum absolute atomic E-state index is 12.3. The van der Waals surface area contributed by atoms with Crippen LogP contribution in [0.3, 0.4) is 0 Å². The number of hydrogen-bond donors (Lipinski definition) is 1. The van der Waals surface area contributed by atoms with Gasteiger partial charge in [0.2, 0.25) is 5.91 Å². The lowest BCUT2D eigenvalue weighted by molar-refractivity contribution is -0.119. The number of morpholine rings is 1. The lowest BCUT2D eigenvalue weighted by atomic mass is 10.2. The van der Waals surface area contributed by atoms with Crippen molar-refractivity contribution in [1.29, 1.82) is 0 Å². The van der Waals surface area contributed by atoms with Gasteiger partial charge in [0, 0.05) is 50.7 Å². The number of nitrogens with zero attached hydrogens (tertiary/aromatic N) is 5. The summed E-state index contributed by atoms with van der Waals surface area (Å²) >= 11 is 1.40. The predicted octanol–water partition coefficient (Wildman–Crippen LogP) is 1.93. The van der Waals surface area contributed by atoms with Crippen LogP contribution in [0, 0.1) is 5.92 Å². The van der Waals surface area contributed by atoms with Crippen molar-refractivity contribution < 1.29 is 9.53 Å². The Bertz CT molecular complexity index is 783. The van der Waals surface area contributed by atoms with E-state index in [1.807, 2.05) is 23.6 Å². The van der Waals surface area contributed by atoms with Crippen molar-refractivity contribution in [3.05, 3.63) is 24.5 Å². The first-order valence-corrected chi connectivity index (χ1v) is 11.1. The zero-order valence-electron chi connectivity index (χ0n) is 17.4. The van der Waals surface area contributed by atoms with E-state index in [1.165, 1.54) is 11.8 Å². The molecule has 1 aliphatic heterocycles. The van der Waals surface area contributed by atoms with Gasteiger partial charge in [-0.1, -0.05) is 25.6 Å². The summed E-state index contributed by atoms with van der Waals surface area (Å²) in [5.41, 5.74) is 0.964. The lowest BCUT2D eigenvalue weighted by Gasteiger charge is -2.33. The van der Waals surface area contributed by atoms with Crippen LogP contribution in [-0.4, -0.2) is 75.2 Å². The van der Waals surface area contributed by atoms with E-state index in [2.05, 4.69) is 39.2 Å². The number of pyridine rings is 1. The van der Waals surface area contributed by atoms with Crippen molar-refractivity contribution in [3.8, 4) is 11.4 Å². The monoisotopic (exact) mass is 418 g/mol. The highest BCUT2D eigenvalue weighted by molar-refractivity contribution is 7.99. The lowest BCUT2D eigenvalue weighted by Crippen LogP contribution is -2.48. The van der Waals surface area contributed by atoms with Crippen molar-refractivity contribution in [2.24, 2.45) is 5.92 Å². The molecule has 0 radical (unpaired) electrons. The van der Waals surface area contributed by atoms with E-state index in [1.54, 1.807) is 12.4 Å². The third-order valence-electron chi connectivity index (χ3n) is 4.68. The summed E-state index contributed by atoms with van der Waals surface area (Å²) < 4.78 is 7.81. The minimum Gasteiger partial charge on any atom is -0.374 e. The van der Waals surface area contributed by atoms with Gasteiger partial charge in [0.15, 0.2) is 11.0 Å². The largest absolute Gasteiger partial charge is 0.374 e. The molecule has 1 N–H and O–H groups in total. The van der Waals surface area contributed by atoms with Gasteiger partial charge in [-0.25, -0.2) is 0 Å². The number of carbonyl (C=O) groups is 1. The average Bonchev–Trinajstić information content (AvgIpc) is 3.14. The predicted molar refractivity (Wildman–Crippen MR) is 114 cm³/mol. The van der Waals surface area contributed by atoms with Crippen molar-refractivity contribution >= 4 is 17.7 Å². The van der Waals surface area contributed by atoms with Crippen molar-refractivity contribution in [2.45, 2.75) is 38.6 Å². The van der Waals surface area contributed by atoms with Crippen LogP contribution in [-0.2, 0) is 16.1 Å². The van der Waals surface area contributed by atoms with Crippen molar-refractivity contribution in [1.82, 2.24) is 30.0 Å². The Labute approximate surface area is 176 Å². The first-order chi connectivity index (χ1) is 14.1. The molecule has 2 aromatic heterocycles. The Balaban J connectivity index is 1.48. The molecule has 158 valence electrons. The standard InChI is InChI=1S/C20H30N6O2S/c1-4-26-19(16-5-7-21-8-6-16)23-24-20(26)29-14-18(27)22-11-17-13-25(9-10-28-17)12-15(2)3/h5-8,15,17H,4,9-14H2,1-3H3,(H,22,27). The minimum atomic E-state index is -0.0179. The second-order valence-corrected chi connectivity index (χ2v) is 8.47. The van der Waals surface area contributed by atoms with Crippen LogP contribution in [0.4, 0.5) is 0 Å². The van der Waals surface area contributed by atoms with Crippen molar-refractivity contribution in [2.75, 3.05) is 38.5 Å². The molecule has 9 heteroatoms. The minimum absolute atomic E-state index is 0.0179. The molecule has 1 fully saturated rings. The zero-order valence-corrected chi connectivity index (χ0v) is 18.2. The number of hydrogen-bond acceptors (Lipinski definition) is 7. The highest BCUT2D eigenvalue weighted by Crippen LogP contribution is 2.23. The molecular formula is C20H30N6O2S. The van der Waals surface area contributed by atoms with Crippen LogP contribution in [0.15, 0.2) is 29.7 Å². The summed E-state index contributed by atoms with van der Waals surface area (Å²) in [5.74, 6) is 1.71. The Hall–Kier alpha value is -1.97. The first kappa shape index (κ1) is 21.7. The number of nitrogens with one attached hydrogen (secondary N) is 1. The Morgan fingerprint density at radius 3 is 2.86 bits per heavy atom. The average molecular weight is 419 g/mol. The fraction of sp³-hybridized carbons (Fsp3) is 0.600. The van der Waals surface area contributed by atoms with Gasteiger partial charge in [0.05, 0.1) is 18.5 Å². The molecule has 3 rings (SSSR count). The highest BCUT2D eigenvalue weighted by atomic mass is 32.2. The van der Waals surface area contributed by atoms with E-state index < -0.39 is 0 Å². The number of ether oxygens (including phenoxy) is 1. The van der Waals surface area contributed by atoms with E-state index in [4.69, 9.17) is 4.74 Å². The molecule has 29 heavy (non-hydrogen) atoms. The van der Waals surface area contributed by atoms with E-state index >= 15 is 0 Å². The molecule has 8 nitrogen and oxygen atoms in total. The normalized spacial score (nSPS) is 17.6. The fourth-order valence-corrected chi connectivity index (χ4v) is 4.22. The molecule has 0 aromatic carbocycles. The van der Waals surface area contributed by atoms with Crippen LogP contribution < -0.4 is 5.32 Å². The number of carbonyl (C=O) groups excluding carboxylic acids is 1. The first-order valence-electron chi connectivity index (χ1n) is 10.1. The zero-order chi connectivity index (χ0) is 20.6. The Kier molecular flexibility index (Phi) is 8.02. The smallest absolute Gasteiger partial charge is 0.230 e. The maximum Gasteiger partial charge on any atom is 0.230 e. The molecule has 1 saturated heterocycles. The molecule has 0 bridgehead atoms. The molecule has 1 aliphatic rings. The van der Waals surface area contributed by atoms with Gasteiger partial charge < -0.3 is 14.6 Å². The van der Waals surface area contributed by atoms with Gasteiger partial charge in [0.1, 0.15) is 0 Å². The Morgan fingerprint density at radius 1 is 1.34 bits per heavy atom. The second kappa shape index (κ2) is 10.7. The van der Waals surface area contributed by atoms with Crippen LogP contribution in [0.1, 0.15) is 20.8 Å². The van der Waals surface area contributed by atoms with Gasteiger partial charge in [0.25, 0.3) is 0 Å². The molecule has 0 saturated carbocycles. The van der Waals surface area contributed by atoms with Crippen LogP contribution >= 0.6 is 11.8 Å². The summed E-state index contributed by atoms with van der Waals surface area (Å²) in [6, 6.07) is 3.81. The number of rotatable bonds is 9. The SMILES string of the molecule is CCn1c(SCC(=O)NCC2CN(CC(C)C)CCO2)nnc1-c1ccncc1. The third-order valence-corrected chi connectivity index (χ3v) is 5.64. The molecule has 0 aliphatic carbocycles. The van der Waals surface area contributed by atoms with E-state index in [-0.39, 0.29) is 12.0 Å². The number of amides is 1. The number of thioether (sulfide) groups is 1. The van der Waals surface area contributed by atoms with E-state index in [0.29, 0.717) is 18.2 Å². The van der Waals surface area contributed by atoms with Gasteiger partial charge >= 0.3 is 0 Å². The molecule has 1 unspecified atom stereocenters. The van der Waals surface area contributed by atoms with Gasteiger partial charge in [-0.15, -0.1) is 10.2 Å². The third kappa shape index (κ3) is 6.25. The summed E-state index contributed by atoms with van der Waals surface area (Å²) in [6.45, 7) is 11.4. The summed E-state index contributed by atoms with van der Waals surface area (Å²) in [7, 11) is 0. The summed E-state index contributed by atoms with van der Waals surface area (Å²) in [6.07, 6.45) is 3.52. The molecule has 1 atom stereocenters. The van der Waals surface area contributed by atoms with Gasteiger partial charge in [-0.3, -0.25) is 14.7 Å². The van der Waals surface area contributed by atoms with Crippen LogP contribution in [0.2, 0.25) is 0 Å². The van der Waals surface area contributed by atoms with Gasteiger partial charge in [-0.2, -0.15) is 0 Å². The van der Waals surface area contributed by atoms with Crippen LogP contribution in [0.5, 0.6) is 0 Å². The molecular weight excluding hydrogens is 388 g/mol. The van der Waals surface area contributed by atoms with Crippen molar-refractivity contribution in [3.63, 3.8) is 0 Å². The summed E-state index contributed by atoms with van der Waals surface area (Å²) in [5, 5.41) is 12.3. The fourth-order valence-electron chi connectivity index (χ4n) is 3.39. The molecule has 1 amide bonds. The second-order valence-electron chi connectivity index (χ2n) is 7.53.